The molecule has 3 aromatic rings. The van der Waals surface area contributed by atoms with Crippen molar-refractivity contribution in [1.82, 2.24) is 4.57 Å². The second kappa shape index (κ2) is 14.9. The maximum Gasteiger partial charge on any atom is 0.341 e. The highest BCUT2D eigenvalue weighted by atomic mass is 32.2. The first-order valence-corrected chi connectivity index (χ1v) is 17.8. The molecule has 0 spiro atoms. The van der Waals surface area contributed by atoms with Crippen molar-refractivity contribution in [3.63, 3.8) is 0 Å². The summed E-state index contributed by atoms with van der Waals surface area (Å²) in [6.45, 7) is 5.10. The number of amides is 2. The van der Waals surface area contributed by atoms with Crippen LogP contribution >= 0.6 is 22.7 Å². The number of thiophene rings is 1. The van der Waals surface area contributed by atoms with E-state index in [0.717, 1.165) is 41.0 Å². The van der Waals surface area contributed by atoms with Crippen LogP contribution in [0.25, 0.3) is 10.2 Å². The first-order valence-electron chi connectivity index (χ1n) is 14.3. The molecule has 0 saturated carbocycles. The number of esters is 3. The summed E-state index contributed by atoms with van der Waals surface area (Å²) in [5, 5.41) is 2.76. The zero-order valence-electron chi connectivity index (χ0n) is 25.0. The molecule has 4 rings (SSSR count). The van der Waals surface area contributed by atoms with Gasteiger partial charge in [0.25, 0.3) is 5.91 Å². The van der Waals surface area contributed by atoms with Gasteiger partial charge in [-0.3, -0.25) is 14.4 Å². The van der Waals surface area contributed by atoms with Crippen molar-refractivity contribution < 1.29 is 46.6 Å². The molecule has 0 atom stereocenters. The minimum atomic E-state index is -4.29. The van der Waals surface area contributed by atoms with Crippen LogP contribution in [0.4, 0.5) is 5.00 Å². The molecule has 16 heteroatoms. The van der Waals surface area contributed by atoms with Crippen LogP contribution in [-0.4, -0.2) is 74.0 Å². The molecule has 2 heterocycles. The lowest BCUT2D eigenvalue weighted by Gasteiger charge is -2.12. The summed E-state index contributed by atoms with van der Waals surface area (Å²) >= 11 is 2.19. The van der Waals surface area contributed by atoms with Gasteiger partial charge in [0.05, 0.1) is 41.2 Å². The molecule has 45 heavy (non-hydrogen) atoms. The van der Waals surface area contributed by atoms with Gasteiger partial charge in [-0.05, 0) is 70.2 Å². The number of carbonyl (C=O) groups is 5. The number of carbonyl (C=O) groups excluding carboxylic acids is 5. The number of aryl methyl sites for hydroxylation is 1. The third-order valence-corrected chi connectivity index (χ3v) is 10.2. The third kappa shape index (κ3) is 8.43. The molecule has 13 nitrogen and oxygen atoms in total. The number of hydrogen-bond acceptors (Lipinski definition) is 12. The van der Waals surface area contributed by atoms with Crippen LogP contribution in [0, 0.1) is 0 Å². The Morgan fingerprint density at radius 1 is 0.911 bits per heavy atom. The number of nitrogens with zero attached hydrogens (tertiary/aromatic N) is 2. The van der Waals surface area contributed by atoms with Gasteiger partial charge >= 0.3 is 17.9 Å². The Labute approximate surface area is 267 Å². The van der Waals surface area contributed by atoms with Crippen molar-refractivity contribution in [3.8, 4) is 0 Å². The van der Waals surface area contributed by atoms with Crippen molar-refractivity contribution in [2.45, 2.75) is 53.0 Å². The molecule has 2 aromatic heterocycles. The summed E-state index contributed by atoms with van der Waals surface area (Å²) in [7, 11) is -4.29. The van der Waals surface area contributed by atoms with Crippen molar-refractivity contribution in [1.29, 1.82) is 0 Å². The van der Waals surface area contributed by atoms with E-state index in [9.17, 15) is 32.4 Å². The van der Waals surface area contributed by atoms with Crippen LogP contribution < -0.4 is 10.1 Å². The summed E-state index contributed by atoms with van der Waals surface area (Å²) < 4.78 is 42.9. The van der Waals surface area contributed by atoms with Gasteiger partial charge in [-0.1, -0.05) is 11.3 Å². The molecule has 242 valence electrons. The van der Waals surface area contributed by atoms with E-state index in [2.05, 4.69) is 10.3 Å². The molecular formula is C29H33N3O10S3. The lowest BCUT2D eigenvalue weighted by Crippen LogP contribution is -2.29. The molecule has 0 bridgehead atoms. The average molecular weight is 680 g/mol. The fourth-order valence-electron chi connectivity index (χ4n) is 4.80. The molecule has 0 radical (unpaired) electrons. The Hall–Kier alpha value is -3.89. The zero-order valence-corrected chi connectivity index (χ0v) is 27.5. The fourth-order valence-corrected chi connectivity index (χ4v) is 8.20. The van der Waals surface area contributed by atoms with Gasteiger partial charge in [-0.2, -0.15) is 4.99 Å². The number of nitrogens with one attached hydrogen (secondary N) is 1. The van der Waals surface area contributed by atoms with Crippen molar-refractivity contribution in [2.24, 2.45) is 4.99 Å². The summed E-state index contributed by atoms with van der Waals surface area (Å²) in [6, 6.07) is 4.59. The summed E-state index contributed by atoms with van der Waals surface area (Å²) in [4.78, 5) is 67.8. The van der Waals surface area contributed by atoms with E-state index in [0.29, 0.717) is 16.6 Å². The van der Waals surface area contributed by atoms with E-state index < -0.39 is 51.1 Å². The minimum Gasteiger partial charge on any atom is -0.465 e. The molecule has 0 unspecified atom stereocenters. The Balaban J connectivity index is 1.55. The van der Waals surface area contributed by atoms with Crippen molar-refractivity contribution in [2.75, 3.05) is 36.6 Å². The average Bonchev–Trinajstić information content (AvgIpc) is 3.49. The van der Waals surface area contributed by atoms with Gasteiger partial charge < -0.3 is 24.1 Å². The summed E-state index contributed by atoms with van der Waals surface area (Å²) in [5.41, 5.74) is 1.77. The Kier molecular flexibility index (Phi) is 11.3. The largest absolute Gasteiger partial charge is 0.465 e. The monoisotopic (exact) mass is 679 g/mol. The molecule has 0 aliphatic heterocycles. The second-order valence-electron chi connectivity index (χ2n) is 9.90. The van der Waals surface area contributed by atoms with Gasteiger partial charge in [0.1, 0.15) is 23.1 Å². The van der Waals surface area contributed by atoms with E-state index in [1.54, 1.807) is 26.8 Å². The maximum atomic E-state index is 12.9. The van der Waals surface area contributed by atoms with Crippen LogP contribution in [0.3, 0.4) is 0 Å². The number of thiazole rings is 1. The van der Waals surface area contributed by atoms with E-state index >= 15 is 0 Å². The number of aromatic nitrogens is 1. The Morgan fingerprint density at radius 2 is 1.60 bits per heavy atom. The standard InChI is InChI=1S/C29H33N3O10S3/c1-4-40-24(35)14-32-19-12-11-17(27(36)41-5-2)13-21(19)44-29(32)31-23(34)16-45(38,39)15-22(33)30-26-25(28(37)42-6-3)18-9-7-8-10-20(18)43-26/h11-13H,4-10,14-16H2,1-3H3,(H,30,33). The molecule has 0 fully saturated rings. The smallest absolute Gasteiger partial charge is 0.341 e. The molecule has 1 N–H and O–H groups in total. The lowest BCUT2D eigenvalue weighted by molar-refractivity contribution is -0.143. The van der Waals surface area contributed by atoms with E-state index in [1.807, 2.05) is 0 Å². The van der Waals surface area contributed by atoms with Crippen molar-refractivity contribution >= 4 is 77.5 Å². The zero-order chi connectivity index (χ0) is 32.7. The highest BCUT2D eigenvalue weighted by Gasteiger charge is 2.29. The van der Waals surface area contributed by atoms with Crippen LogP contribution in [0.15, 0.2) is 23.2 Å². The minimum absolute atomic E-state index is 0.00644. The topological polar surface area (TPSA) is 176 Å². The van der Waals surface area contributed by atoms with Crippen LogP contribution in [0.5, 0.6) is 0 Å². The van der Waals surface area contributed by atoms with Crippen LogP contribution in [0.2, 0.25) is 0 Å². The van der Waals surface area contributed by atoms with E-state index in [1.165, 1.54) is 28.0 Å². The predicted octanol–water partition coefficient (Wildman–Crippen LogP) is 3.04. The highest BCUT2D eigenvalue weighted by molar-refractivity contribution is 7.92. The number of ether oxygens (including phenoxy) is 3. The normalized spacial score (nSPS) is 13.3. The number of hydrogen-bond donors (Lipinski definition) is 1. The maximum absolute atomic E-state index is 12.9. The Bertz CT molecular complexity index is 1820. The van der Waals surface area contributed by atoms with Crippen LogP contribution in [-0.2, 0) is 57.8 Å². The Morgan fingerprint density at radius 3 is 2.31 bits per heavy atom. The van der Waals surface area contributed by atoms with E-state index in [4.69, 9.17) is 14.2 Å². The number of anilines is 1. The quantitative estimate of drug-likeness (QED) is 0.221. The second-order valence-corrected chi connectivity index (χ2v) is 14.1. The van der Waals surface area contributed by atoms with Gasteiger partial charge in [0.2, 0.25) is 5.91 Å². The molecule has 0 saturated heterocycles. The fraction of sp³-hybridized carbons (Fsp3) is 0.448. The number of sulfone groups is 1. The van der Waals surface area contributed by atoms with E-state index in [-0.39, 0.29) is 47.3 Å². The van der Waals surface area contributed by atoms with Gasteiger partial charge in [-0.15, -0.1) is 11.3 Å². The SMILES string of the molecule is CCOC(=O)Cn1c(=NC(=O)CS(=O)(=O)CC(=O)Nc2sc3c(c2C(=O)OCC)CCCC3)sc2cc(C(=O)OCC)ccc21. The van der Waals surface area contributed by atoms with Crippen LogP contribution in [0.1, 0.15) is 64.8 Å². The molecule has 1 aliphatic carbocycles. The number of fused-ring (bicyclic) bond motifs is 2. The number of rotatable bonds is 12. The predicted molar refractivity (Wildman–Crippen MR) is 167 cm³/mol. The van der Waals surface area contributed by atoms with Gasteiger partial charge in [0, 0.05) is 4.88 Å². The molecule has 2 amide bonds. The third-order valence-electron chi connectivity index (χ3n) is 6.60. The first-order chi connectivity index (χ1) is 21.5. The molecular weight excluding hydrogens is 647 g/mol. The first kappa shape index (κ1) is 34.0. The summed E-state index contributed by atoms with van der Waals surface area (Å²) in [5.74, 6) is -5.81. The summed E-state index contributed by atoms with van der Waals surface area (Å²) in [6.07, 6.45) is 3.22. The number of benzene rings is 1. The molecule has 1 aliphatic rings. The van der Waals surface area contributed by atoms with Gasteiger partial charge in [0.15, 0.2) is 14.6 Å². The lowest BCUT2D eigenvalue weighted by atomic mass is 9.95. The highest BCUT2D eigenvalue weighted by Crippen LogP contribution is 2.38. The van der Waals surface area contributed by atoms with Gasteiger partial charge in [-0.25, -0.2) is 18.0 Å². The van der Waals surface area contributed by atoms with Crippen molar-refractivity contribution in [3.05, 3.63) is 44.6 Å². The molecule has 1 aromatic carbocycles.